The van der Waals surface area contributed by atoms with Gasteiger partial charge in [0.1, 0.15) is 23.9 Å². The van der Waals surface area contributed by atoms with Gasteiger partial charge in [0.25, 0.3) is 0 Å². The molecule has 5 nitrogen and oxygen atoms in total. The first-order valence-electron chi connectivity index (χ1n) is 8.07. The normalized spacial score (nSPS) is 16.9. The molecule has 0 saturated carbocycles. The van der Waals surface area contributed by atoms with Crippen LogP contribution in [0.15, 0.2) is 47.2 Å². The Balaban J connectivity index is 1.76. The van der Waals surface area contributed by atoms with E-state index in [4.69, 9.17) is 4.42 Å². The number of nitrogens with zero attached hydrogens (tertiary/aromatic N) is 2. The zero-order valence-corrected chi connectivity index (χ0v) is 13.8. The predicted octanol–water partition coefficient (Wildman–Crippen LogP) is 4.16. The number of anilines is 1. The van der Waals surface area contributed by atoms with Crippen LogP contribution in [0.5, 0.6) is 0 Å². The van der Waals surface area contributed by atoms with Crippen LogP contribution in [0, 0.1) is 5.82 Å². The molecule has 1 N–H and O–H groups in total. The molecular formula is C18H13F4N3O2. The molecule has 1 amide bonds. The van der Waals surface area contributed by atoms with Gasteiger partial charge in [0.15, 0.2) is 0 Å². The first-order chi connectivity index (χ1) is 12.8. The Kier molecular flexibility index (Phi) is 4.01. The summed E-state index contributed by atoms with van der Waals surface area (Å²) in [6.45, 7) is 0.223. The zero-order chi connectivity index (χ0) is 19.2. The number of fused-ring (bicyclic) bond motifs is 1. The third kappa shape index (κ3) is 3.20. The van der Waals surface area contributed by atoms with Crippen LogP contribution in [0.25, 0.3) is 0 Å². The summed E-state index contributed by atoms with van der Waals surface area (Å²) >= 11 is 0. The molecule has 0 bridgehead atoms. The zero-order valence-electron chi connectivity index (χ0n) is 13.8. The molecule has 9 heteroatoms. The Labute approximate surface area is 150 Å². The molecular weight excluding hydrogens is 366 g/mol. The highest BCUT2D eigenvalue weighted by Crippen LogP contribution is 2.40. The fourth-order valence-electron chi connectivity index (χ4n) is 3.20. The van der Waals surface area contributed by atoms with Crippen molar-refractivity contribution in [3.8, 4) is 0 Å². The number of carbonyl (C=O) groups is 1. The Morgan fingerprint density at radius 1 is 1.26 bits per heavy atom. The third-order valence-corrected chi connectivity index (χ3v) is 4.47. The fraction of sp³-hybridized carbons (Fsp3) is 0.222. The smallest absolute Gasteiger partial charge is 0.416 e. The molecule has 1 unspecified atom stereocenters. The Morgan fingerprint density at radius 2 is 2.07 bits per heavy atom. The van der Waals surface area contributed by atoms with Crippen molar-refractivity contribution in [2.75, 3.05) is 5.32 Å². The van der Waals surface area contributed by atoms with E-state index in [2.05, 4.69) is 10.4 Å². The van der Waals surface area contributed by atoms with Gasteiger partial charge >= 0.3 is 6.18 Å². The molecule has 1 atom stereocenters. The number of hydrogen-bond acceptors (Lipinski definition) is 3. The van der Waals surface area contributed by atoms with Crippen molar-refractivity contribution in [1.29, 1.82) is 0 Å². The first-order valence-corrected chi connectivity index (χ1v) is 8.07. The van der Waals surface area contributed by atoms with Crippen molar-refractivity contribution in [2.24, 2.45) is 0 Å². The lowest BCUT2D eigenvalue weighted by Crippen LogP contribution is -2.25. The van der Waals surface area contributed by atoms with Crippen molar-refractivity contribution in [1.82, 2.24) is 9.78 Å². The maximum Gasteiger partial charge on any atom is 0.416 e. The number of alkyl halides is 3. The fourth-order valence-corrected chi connectivity index (χ4v) is 3.20. The van der Waals surface area contributed by atoms with E-state index >= 15 is 0 Å². The van der Waals surface area contributed by atoms with Crippen LogP contribution in [-0.4, -0.2) is 15.7 Å². The second-order valence-corrected chi connectivity index (χ2v) is 6.22. The minimum Gasteiger partial charge on any atom is -0.467 e. The maximum atomic E-state index is 14.3. The molecule has 0 spiro atoms. The second-order valence-electron chi connectivity index (χ2n) is 6.22. The van der Waals surface area contributed by atoms with Crippen LogP contribution in [0.2, 0.25) is 0 Å². The van der Waals surface area contributed by atoms with Crippen molar-refractivity contribution >= 4 is 11.7 Å². The number of amides is 1. The quantitative estimate of drug-likeness (QED) is 0.696. The van der Waals surface area contributed by atoms with Crippen LogP contribution in [0.1, 0.15) is 34.8 Å². The molecule has 3 heterocycles. The highest BCUT2D eigenvalue weighted by Gasteiger charge is 2.35. The summed E-state index contributed by atoms with van der Waals surface area (Å²) in [5.41, 5.74) is -0.688. The van der Waals surface area contributed by atoms with Gasteiger partial charge in [-0.05, 0) is 35.9 Å². The molecule has 1 aliphatic heterocycles. The third-order valence-electron chi connectivity index (χ3n) is 4.47. The van der Waals surface area contributed by atoms with E-state index in [-0.39, 0.29) is 18.5 Å². The highest BCUT2D eigenvalue weighted by atomic mass is 19.4. The van der Waals surface area contributed by atoms with Gasteiger partial charge in [-0.1, -0.05) is 0 Å². The number of rotatable bonds is 3. The van der Waals surface area contributed by atoms with Crippen molar-refractivity contribution in [3.63, 3.8) is 0 Å². The number of nitrogens with one attached hydrogen (secondary N) is 1. The summed E-state index contributed by atoms with van der Waals surface area (Å²) in [5, 5.41) is 6.84. The van der Waals surface area contributed by atoms with E-state index in [0.717, 1.165) is 12.1 Å². The number of aromatic nitrogens is 2. The van der Waals surface area contributed by atoms with Gasteiger partial charge in [-0.3, -0.25) is 4.79 Å². The Hall–Kier alpha value is -3.10. The van der Waals surface area contributed by atoms with Gasteiger partial charge in [0.05, 0.1) is 18.0 Å². The van der Waals surface area contributed by atoms with Gasteiger partial charge in [-0.2, -0.15) is 18.3 Å². The average Bonchev–Trinajstić information content (AvgIpc) is 3.24. The minimum absolute atomic E-state index is 0.169. The van der Waals surface area contributed by atoms with Gasteiger partial charge < -0.3 is 9.73 Å². The summed E-state index contributed by atoms with van der Waals surface area (Å²) in [5.74, 6) is -1.17. The molecule has 0 aliphatic carbocycles. The molecule has 0 fully saturated rings. The van der Waals surface area contributed by atoms with E-state index in [9.17, 15) is 22.4 Å². The molecule has 4 rings (SSSR count). The number of furan rings is 1. The number of carbonyl (C=O) groups excluding carboxylic acids is 1. The van der Waals surface area contributed by atoms with Crippen LogP contribution in [-0.2, 0) is 17.5 Å². The number of benzene rings is 1. The van der Waals surface area contributed by atoms with Crippen molar-refractivity contribution in [3.05, 3.63) is 71.1 Å². The number of halogens is 4. The number of hydrogen-bond donors (Lipinski definition) is 1. The maximum absolute atomic E-state index is 14.3. The van der Waals surface area contributed by atoms with E-state index in [1.165, 1.54) is 17.1 Å². The summed E-state index contributed by atoms with van der Waals surface area (Å²) in [6.07, 6.45) is -1.85. The molecule has 0 radical (unpaired) electrons. The SMILES string of the molecule is O=C1CC(c2cc(C(F)(F)F)ccc2F)c2cnn(Cc3ccco3)c2N1. The van der Waals surface area contributed by atoms with Gasteiger partial charge in [-0.25, -0.2) is 9.07 Å². The molecule has 3 aromatic rings. The lowest BCUT2D eigenvalue weighted by molar-refractivity contribution is -0.137. The van der Waals surface area contributed by atoms with Crippen LogP contribution in [0.3, 0.4) is 0 Å². The monoisotopic (exact) mass is 379 g/mol. The lowest BCUT2D eigenvalue weighted by atomic mass is 9.86. The Morgan fingerprint density at radius 3 is 2.78 bits per heavy atom. The second kappa shape index (κ2) is 6.26. The van der Waals surface area contributed by atoms with Crippen molar-refractivity contribution < 1.29 is 26.8 Å². The largest absolute Gasteiger partial charge is 0.467 e. The standard InChI is InChI=1S/C18H13F4N3O2/c19-15-4-3-10(18(20,21)22)6-13(15)12-7-16(26)24-17-14(12)8-23-25(17)9-11-2-1-5-27-11/h1-6,8,12H,7,9H2,(H,24,26). The summed E-state index contributed by atoms with van der Waals surface area (Å²) in [6, 6.07) is 5.64. The highest BCUT2D eigenvalue weighted by molar-refractivity contribution is 5.94. The Bertz CT molecular complexity index is 993. The van der Waals surface area contributed by atoms with Crippen LogP contribution >= 0.6 is 0 Å². The van der Waals surface area contributed by atoms with E-state index in [1.54, 1.807) is 12.1 Å². The summed E-state index contributed by atoms with van der Waals surface area (Å²) in [7, 11) is 0. The predicted molar refractivity (Wildman–Crippen MR) is 86.5 cm³/mol. The molecule has 27 heavy (non-hydrogen) atoms. The topological polar surface area (TPSA) is 60.1 Å². The first kappa shape index (κ1) is 17.3. The molecule has 1 aromatic carbocycles. The van der Waals surface area contributed by atoms with Crippen LogP contribution in [0.4, 0.5) is 23.4 Å². The minimum atomic E-state index is -4.61. The summed E-state index contributed by atoms with van der Waals surface area (Å²) in [4.78, 5) is 12.1. The molecule has 1 aliphatic rings. The van der Waals surface area contributed by atoms with Gasteiger partial charge in [-0.15, -0.1) is 0 Å². The van der Waals surface area contributed by atoms with Gasteiger partial charge in [0.2, 0.25) is 5.91 Å². The van der Waals surface area contributed by atoms with E-state index < -0.39 is 29.4 Å². The van der Waals surface area contributed by atoms with Crippen molar-refractivity contribution in [2.45, 2.75) is 25.1 Å². The average molecular weight is 379 g/mol. The van der Waals surface area contributed by atoms with Gasteiger partial charge in [0, 0.05) is 17.9 Å². The summed E-state index contributed by atoms with van der Waals surface area (Å²) < 4.78 is 60.1. The van der Waals surface area contributed by atoms with Crippen LogP contribution < -0.4 is 5.32 Å². The van der Waals surface area contributed by atoms with E-state index in [1.807, 2.05) is 0 Å². The molecule has 140 valence electrons. The molecule has 0 saturated heterocycles. The van der Waals surface area contributed by atoms with E-state index in [0.29, 0.717) is 23.2 Å². The lowest BCUT2D eigenvalue weighted by Gasteiger charge is -2.24. The molecule has 2 aromatic heterocycles.